The van der Waals surface area contributed by atoms with Crippen LogP contribution in [-0.4, -0.2) is 45.0 Å². The number of aromatic nitrogens is 3. The number of rotatable bonds is 3. The molecular formula is C14H17N5O2S. The summed E-state index contributed by atoms with van der Waals surface area (Å²) < 4.78 is 0. The third-order valence-corrected chi connectivity index (χ3v) is 4.90. The quantitative estimate of drug-likeness (QED) is 0.885. The predicted molar refractivity (Wildman–Crippen MR) is 81.7 cm³/mol. The van der Waals surface area contributed by atoms with Crippen LogP contribution < -0.4 is 5.73 Å². The topological polar surface area (TPSA) is 105 Å². The van der Waals surface area contributed by atoms with E-state index in [4.69, 9.17) is 5.73 Å². The Kier molecular flexibility index (Phi) is 3.69. The second-order valence-electron chi connectivity index (χ2n) is 5.78. The van der Waals surface area contributed by atoms with Gasteiger partial charge in [0, 0.05) is 18.5 Å². The minimum Gasteiger partial charge on any atom is -0.365 e. The molecule has 0 aromatic carbocycles. The zero-order valence-corrected chi connectivity index (χ0v) is 13.0. The summed E-state index contributed by atoms with van der Waals surface area (Å²) in [4.78, 5) is 30.5. The van der Waals surface area contributed by atoms with E-state index in [1.807, 2.05) is 11.8 Å². The highest BCUT2D eigenvalue weighted by Gasteiger charge is 2.38. The van der Waals surface area contributed by atoms with Crippen LogP contribution in [0.25, 0.3) is 0 Å². The van der Waals surface area contributed by atoms with Crippen LogP contribution in [0.15, 0.2) is 17.9 Å². The minimum atomic E-state index is -0.504. The molecule has 1 atom stereocenters. The van der Waals surface area contributed by atoms with Gasteiger partial charge in [0.15, 0.2) is 0 Å². The molecule has 1 aliphatic heterocycles. The molecule has 3 N–H and O–H groups in total. The van der Waals surface area contributed by atoms with Crippen molar-refractivity contribution in [3.8, 4) is 0 Å². The lowest BCUT2D eigenvalue weighted by Gasteiger charge is -2.40. The van der Waals surface area contributed by atoms with Crippen LogP contribution in [-0.2, 0) is 5.41 Å². The lowest BCUT2D eigenvalue weighted by Crippen LogP contribution is -2.47. The third-order valence-electron chi connectivity index (χ3n) is 4.14. The number of hydrogen-bond donors (Lipinski definition) is 2. The van der Waals surface area contributed by atoms with E-state index in [1.54, 1.807) is 11.7 Å². The van der Waals surface area contributed by atoms with Gasteiger partial charge in [0.2, 0.25) is 0 Å². The van der Waals surface area contributed by atoms with Gasteiger partial charge in [-0.1, -0.05) is 6.92 Å². The second kappa shape index (κ2) is 5.53. The number of H-pyrrole nitrogens is 1. The van der Waals surface area contributed by atoms with E-state index in [9.17, 15) is 9.59 Å². The standard InChI is InChI=1S/C14H17N5O2S/c1-14(11-9(12(15)20)5-17-18-11)3-2-4-19(7-14)13(21)10-6-16-8-22-10/h5-6,8H,2-4,7H2,1H3,(H2,15,20)(H,17,18)/t14-/m1/s1. The van der Waals surface area contributed by atoms with Crippen molar-refractivity contribution in [2.45, 2.75) is 25.2 Å². The van der Waals surface area contributed by atoms with Crippen molar-refractivity contribution >= 4 is 23.2 Å². The first-order valence-electron chi connectivity index (χ1n) is 7.03. The number of nitrogens with two attached hydrogens (primary N) is 1. The van der Waals surface area contributed by atoms with Crippen LogP contribution in [0.2, 0.25) is 0 Å². The summed E-state index contributed by atoms with van der Waals surface area (Å²) >= 11 is 1.33. The predicted octanol–water partition coefficient (Wildman–Crippen LogP) is 1.16. The molecule has 116 valence electrons. The number of amides is 2. The third kappa shape index (κ3) is 2.50. The highest BCUT2D eigenvalue weighted by molar-refractivity contribution is 7.11. The monoisotopic (exact) mass is 319 g/mol. The Balaban J connectivity index is 1.87. The highest BCUT2D eigenvalue weighted by atomic mass is 32.1. The van der Waals surface area contributed by atoms with E-state index in [1.165, 1.54) is 17.5 Å². The Labute approximate surface area is 131 Å². The molecular weight excluding hydrogens is 302 g/mol. The van der Waals surface area contributed by atoms with E-state index in [0.29, 0.717) is 29.2 Å². The number of nitrogens with zero attached hydrogens (tertiary/aromatic N) is 3. The van der Waals surface area contributed by atoms with Crippen LogP contribution in [0.5, 0.6) is 0 Å². The normalized spacial score (nSPS) is 21.8. The number of nitrogens with one attached hydrogen (secondary N) is 1. The van der Waals surface area contributed by atoms with Crippen molar-refractivity contribution in [3.05, 3.63) is 34.0 Å². The number of carbonyl (C=O) groups is 2. The van der Waals surface area contributed by atoms with Crippen molar-refractivity contribution in [2.24, 2.45) is 5.73 Å². The van der Waals surface area contributed by atoms with Gasteiger partial charge in [-0.25, -0.2) is 0 Å². The van der Waals surface area contributed by atoms with Gasteiger partial charge in [0.1, 0.15) is 4.88 Å². The maximum atomic E-state index is 12.5. The van der Waals surface area contributed by atoms with Crippen molar-refractivity contribution in [1.29, 1.82) is 0 Å². The molecule has 1 aliphatic rings. The molecule has 8 heteroatoms. The molecule has 0 radical (unpaired) electrons. The van der Waals surface area contributed by atoms with Gasteiger partial charge in [0.05, 0.1) is 29.2 Å². The highest BCUT2D eigenvalue weighted by Crippen LogP contribution is 2.35. The van der Waals surface area contributed by atoms with Gasteiger partial charge in [0.25, 0.3) is 11.8 Å². The van der Waals surface area contributed by atoms with Crippen LogP contribution in [0.4, 0.5) is 0 Å². The van der Waals surface area contributed by atoms with Crippen LogP contribution >= 0.6 is 11.3 Å². The van der Waals surface area contributed by atoms with Gasteiger partial charge < -0.3 is 10.6 Å². The molecule has 7 nitrogen and oxygen atoms in total. The number of piperidine rings is 1. The average molecular weight is 319 g/mol. The molecule has 0 aliphatic carbocycles. The second-order valence-corrected chi connectivity index (χ2v) is 6.67. The number of primary amides is 1. The number of carbonyl (C=O) groups excluding carboxylic acids is 2. The molecule has 2 amide bonds. The maximum absolute atomic E-state index is 12.5. The van der Waals surface area contributed by atoms with Gasteiger partial charge in [-0.15, -0.1) is 11.3 Å². The zero-order valence-electron chi connectivity index (χ0n) is 12.2. The van der Waals surface area contributed by atoms with E-state index in [-0.39, 0.29) is 11.3 Å². The fourth-order valence-electron chi connectivity index (χ4n) is 3.03. The lowest BCUT2D eigenvalue weighted by atomic mass is 9.77. The van der Waals surface area contributed by atoms with E-state index in [2.05, 4.69) is 15.2 Å². The Morgan fingerprint density at radius 2 is 2.27 bits per heavy atom. The molecule has 3 rings (SSSR count). The Hall–Kier alpha value is -2.22. The molecule has 3 heterocycles. The van der Waals surface area contributed by atoms with Crippen molar-refractivity contribution in [2.75, 3.05) is 13.1 Å². The maximum Gasteiger partial charge on any atom is 0.265 e. The molecule has 22 heavy (non-hydrogen) atoms. The molecule has 0 saturated carbocycles. The van der Waals surface area contributed by atoms with Crippen molar-refractivity contribution in [1.82, 2.24) is 20.1 Å². The Morgan fingerprint density at radius 1 is 1.45 bits per heavy atom. The SMILES string of the molecule is C[C@@]1(c2[nH]ncc2C(N)=O)CCCN(C(=O)c2cncs2)C1. The fraction of sp³-hybridized carbons (Fsp3) is 0.429. The summed E-state index contributed by atoms with van der Waals surface area (Å²) in [7, 11) is 0. The molecule has 0 spiro atoms. The number of thiazole rings is 1. The molecule has 0 unspecified atom stereocenters. The Morgan fingerprint density at radius 3 is 2.95 bits per heavy atom. The number of hydrogen-bond acceptors (Lipinski definition) is 5. The first kappa shape index (κ1) is 14.7. The smallest absolute Gasteiger partial charge is 0.265 e. The first-order valence-corrected chi connectivity index (χ1v) is 7.91. The van der Waals surface area contributed by atoms with Gasteiger partial charge in [-0.05, 0) is 12.8 Å². The number of aromatic amines is 1. The molecule has 0 bridgehead atoms. The zero-order chi connectivity index (χ0) is 15.7. The summed E-state index contributed by atoms with van der Waals surface area (Å²) in [6.07, 6.45) is 4.76. The minimum absolute atomic E-state index is 0.0198. The van der Waals surface area contributed by atoms with E-state index >= 15 is 0 Å². The summed E-state index contributed by atoms with van der Waals surface area (Å²) in [5, 5.41) is 6.84. The summed E-state index contributed by atoms with van der Waals surface area (Å²) in [6, 6.07) is 0. The molecule has 2 aromatic rings. The summed E-state index contributed by atoms with van der Waals surface area (Å²) in [6.45, 7) is 3.25. The molecule has 1 fully saturated rings. The van der Waals surface area contributed by atoms with Gasteiger partial charge in [-0.3, -0.25) is 19.7 Å². The largest absolute Gasteiger partial charge is 0.365 e. The first-order chi connectivity index (χ1) is 10.5. The van der Waals surface area contributed by atoms with Crippen LogP contribution in [0.1, 0.15) is 45.5 Å². The summed E-state index contributed by atoms with van der Waals surface area (Å²) in [5.74, 6) is -0.524. The molecule has 2 aromatic heterocycles. The Bertz CT molecular complexity index is 696. The van der Waals surface area contributed by atoms with Gasteiger partial charge in [-0.2, -0.15) is 5.10 Å². The van der Waals surface area contributed by atoms with Crippen molar-refractivity contribution in [3.63, 3.8) is 0 Å². The number of likely N-dealkylation sites (tertiary alicyclic amines) is 1. The molecule has 1 saturated heterocycles. The average Bonchev–Trinajstić information content (AvgIpc) is 3.18. The van der Waals surface area contributed by atoms with Gasteiger partial charge >= 0.3 is 0 Å². The van der Waals surface area contributed by atoms with Crippen LogP contribution in [0, 0.1) is 0 Å². The van der Waals surface area contributed by atoms with E-state index < -0.39 is 5.91 Å². The van der Waals surface area contributed by atoms with Crippen molar-refractivity contribution < 1.29 is 9.59 Å². The fourth-order valence-corrected chi connectivity index (χ4v) is 3.61. The summed E-state index contributed by atoms with van der Waals surface area (Å²) in [5.41, 5.74) is 7.81. The van der Waals surface area contributed by atoms with E-state index in [0.717, 1.165) is 12.8 Å². The lowest BCUT2D eigenvalue weighted by molar-refractivity contribution is 0.0651. The van der Waals surface area contributed by atoms with Crippen LogP contribution in [0.3, 0.4) is 0 Å².